The highest BCUT2D eigenvalue weighted by Gasteiger charge is 2.58. The van der Waals surface area contributed by atoms with Crippen LogP contribution in [0.25, 0.3) is 0 Å². The summed E-state index contributed by atoms with van der Waals surface area (Å²) in [5.41, 5.74) is -1.34. The predicted octanol–water partition coefficient (Wildman–Crippen LogP) is 5.56. The van der Waals surface area contributed by atoms with Gasteiger partial charge in [0.15, 0.2) is 0 Å². The van der Waals surface area contributed by atoms with Crippen molar-refractivity contribution < 1.29 is 31.9 Å². The molecular formula is C27H17F4N3O4S3. The summed E-state index contributed by atoms with van der Waals surface area (Å²) < 4.78 is 56.0. The minimum Gasteiger partial charge on any atom is -0.325 e. The number of nitrogens with zero attached hydrogens (tertiary/aromatic N) is 2. The summed E-state index contributed by atoms with van der Waals surface area (Å²) >= 11 is 3.03. The van der Waals surface area contributed by atoms with Gasteiger partial charge in [0.2, 0.25) is 17.7 Å². The van der Waals surface area contributed by atoms with Gasteiger partial charge in [-0.25, -0.2) is 9.29 Å². The average Bonchev–Trinajstić information content (AvgIpc) is 3.62. The molecule has 2 aliphatic heterocycles. The fourth-order valence-corrected chi connectivity index (χ4v) is 8.77. The standard InChI is InChI=1S/C27H17F4N3O4S3/c28-13-7-9-14(10-8-13)32-18(35)12-33-25-22(41-26(33)38)19(17-6-3-11-39-17)20-21(40-25)24(37)34(23(20)36)16-5-2-1-4-15(16)27(29,30)31/h1-11,19-21H,12H2,(H,32,35). The van der Waals surface area contributed by atoms with Gasteiger partial charge in [-0.15, -0.1) is 11.3 Å². The van der Waals surface area contributed by atoms with Crippen molar-refractivity contribution in [1.82, 2.24) is 4.57 Å². The molecule has 0 aliphatic carbocycles. The summed E-state index contributed by atoms with van der Waals surface area (Å²) in [6.07, 6.45) is -4.80. The van der Waals surface area contributed by atoms with Gasteiger partial charge < -0.3 is 5.32 Å². The van der Waals surface area contributed by atoms with Gasteiger partial charge in [-0.2, -0.15) is 13.2 Å². The first-order valence-corrected chi connectivity index (χ1v) is 14.6. The number of carbonyl (C=O) groups excluding carboxylic acids is 3. The zero-order valence-corrected chi connectivity index (χ0v) is 23.0. The van der Waals surface area contributed by atoms with Crippen molar-refractivity contribution in [2.24, 2.45) is 5.92 Å². The van der Waals surface area contributed by atoms with Crippen LogP contribution in [0.3, 0.4) is 0 Å². The monoisotopic (exact) mass is 619 g/mol. The Morgan fingerprint density at radius 1 is 0.951 bits per heavy atom. The van der Waals surface area contributed by atoms with Gasteiger partial charge in [-0.1, -0.05) is 41.3 Å². The molecule has 0 bridgehead atoms. The lowest BCUT2D eigenvalue weighted by Crippen LogP contribution is -2.33. The largest absolute Gasteiger partial charge is 0.418 e. The molecule has 0 spiro atoms. The minimum absolute atomic E-state index is 0.306. The molecule has 0 radical (unpaired) electrons. The number of thiophene rings is 1. The van der Waals surface area contributed by atoms with Gasteiger partial charge in [-0.3, -0.25) is 23.7 Å². The summed E-state index contributed by atoms with van der Waals surface area (Å²) in [6, 6.07) is 13.0. The van der Waals surface area contributed by atoms with E-state index >= 15 is 0 Å². The molecule has 210 valence electrons. The number of rotatable bonds is 5. The maximum Gasteiger partial charge on any atom is 0.418 e. The highest BCUT2D eigenvalue weighted by Crippen LogP contribution is 2.55. The normalized spacial score (nSPS) is 20.2. The highest BCUT2D eigenvalue weighted by molar-refractivity contribution is 8.00. The zero-order valence-electron chi connectivity index (χ0n) is 20.6. The maximum atomic E-state index is 13.8. The lowest BCUT2D eigenvalue weighted by Gasteiger charge is -2.29. The quantitative estimate of drug-likeness (QED) is 0.233. The van der Waals surface area contributed by atoms with Gasteiger partial charge in [0.25, 0.3) is 0 Å². The Morgan fingerprint density at radius 2 is 1.68 bits per heavy atom. The van der Waals surface area contributed by atoms with Crippen LogP contribution in [0.1, 0.15) is 21.2 Å². The van der Waals surface area contributed by atoms with Crippen LogP contribution < -0.4 is 15.1 Å². The van der Waals surface area contributed by atoms with E-state index in [0.29, 0.717) is 25.4 Å². The molecule has 3 unspecified atom stereocenters. The Morgan fingerprint density at radius 3 is 2.37 bits per heavy atom. The number of carbonyl (C=O) groups is 3. The van der Waals surface area contributed by atoms with Crippen LogP contribution in [-0.2, 0) is 27.1 Å². The number of fused-ring (bicyclic) bond motifs is 2. The number of hydrogen-bond acceptors (Lipinski definition) is 7. The average molecular weight is 620 g/mol. The Balaban J connectivity index is 1.40. The van der Waals surface area contributed by atoms with Crippen molar-refractivity contribution in [3.05, 3.63) is 96.8 Å². The van der Waals surface area contributed by atoms with Crippen LogP contribution in [0.15, 0.2) is 75.9 Å². The Labute approximate surface area is 241 Å². The molecule has 3 atom stereocenters. The summed E-state index contributed by atoms with van der Waals surface area (Å²) in [5.74, 6) is -4.50. The number of imide groups is 1. The van der Waals surface area contributed by atoms with Gasteiger partial charge in [0.05, 0.1) is 22.2 Å². The van der Waals surface area contributed by atoms with E-state index in [0.717, 1.165) is 35.2 Å². The number of hydrogen-bond donors (Lipinski definition) is 1. The van der Waals surface area contributed by atoms with Crippen molar-refractivity contribution >= 4 is 63.5 Å². The van der Waals surface area contributed by atoms with Crippen LogP contribution in [0, 0.1) is 11.7 Å². The first-order chi connectivity index (χ1) is 19.5. The van der Waals surface area contributed by atoms with Crippen molar-refractivity contribution in [1.29, 1.82) is 0 Å². The van der Waals surface area contributed by atoms with Crippen LogP contribution in [-0.4, -0.2) is 27.5 Å². The van der Waals surface area contributed by atoms with Gasteiger partial charge in [0.1, 0.15) is 17.6 Å². The molecule has 0 saturated carbocycles. The molecule has 1 saturated heterocycles. The maximum absolute atomic E-state index is 13.8. The van der Waals surface area contributed by atoms with Crippen LogP contribution >= 0.6 is 34.4 Å². The van der Waals surface area contributed by atoms with Gasteiger partial charge in [-0.05, 0) is 47.8 Å². The highest BCUT2D eigenvalue weighted by atomic mass is 32.2. The molecular weight excluding hydrogens is 603 g/mol. The summed E-state index contributed by atoms with van der Waals surface area (Å²) in [7, 11) is 0. The van der Waals surface area contributed by atoms with Gasteiger partial charge >= 0.3 is 11.0 Å². The van der Waals surface area contributed by atoms with Crippen LogP contribution in [0.5, 0.6) is 0 Å². The fourth-order valence-electron chi connectivity index (χ4n) is 5.05. The molecule has 41 heavy (non-hydrogen) atoms. The van der Waals surface area contributed by atoms with E-state index in [-0.39, 0.29) is 0 Å². The third kappa shape index (κ3) is 4.79. The Bertz CT molecular complexity index is 1730. The topological polar surface area (TPSA) is 88.5 Å². The number of para-hydroxylation sites is 1. The lowest BCUT2D eigenvalue weighted by molar-refractivity contribution is -0.137. The minimum atomic E-state index is -4.80. The Hall–Kier alpha value is -3.75. The van der Waals surface area contributed by atoms with E-state index in [4.69, 9.17) is 0 Å². The van der Waals surface area contributed by atoms with E-state index in [9.17, 15) is 36.7 Å². The van der Waals surface area contributed by atoms with Crippen LogP contribution in [0.4, 0.5) is 28.9 Å². The molecule has 7 nitrogen and oxygen atoms in total. The number of amides is 3. The summed E-state index contributed by atoms with van der Waals surface area (Å²) in [6.45, 7) is -0.424. The molecule has 14 heteroatoms. The molecule has 4 heterocycles. The molecule has 1 N–H and O–H groups in total. The Kier molecular flexibility index (Phi) is 6.86. The number of thiazole rings is 1. The molecule has 2 aromatic carbocycles. The smallest absolute Gasteiger partial charge is 0.325 e. The molecule has 3 amide bonds. The van der Waals surface area contributed by atoms with E-state index < -0.39 is 69.5 Å². The summed E-state index contributed by atoms with van der Waals surface area (Å²) in [4.78, 5) is 54.7. The van der Waals surface area contributed by atoms with E-state index in [1.165, 1.54) is 52.3 Å². The molecule has 2 aromatic heterocycles. The number of benzene rings is 2. The van der Waals surface area contributed by atoms with Crippen molar-refractivity contribution in [2.75, 3.05) is 10.2 Å². The second-order valence-electron chi connectivity index (χ2n) is 9.26. The number of halogens is 4. The van der Waals surface area contributed by atoms with E-state index in [1.807, 2.05) is 0 Å². The molecule has 6 rings (SSSR count). The molecule has 4 aromatic rings. The van der Waals surface area contributed by atoms with Crippen LogP contribution in [0.2, 0.25) is 0 Å². The second kappa shape index (κ2) is 10.3. The first-order valence-electron chi connectivity index (χ1n) is 12.1. The third-order valence-electron chi connectivity index (χ3n) is 6.78. The molecule has 2 aliphatic rings. The van der Waals surface area contributed by atoms with Crippen molar-refractivity contribution in [2.45, 2.75) is 28.9 Å². The predicted molar refractivity (Wildman–Crippen MR) is 147 cm³/mol. The zero-order chi connectivity index (χ0) is 29.1. The first kappa shape index (κ1) is 27.4. The lowest BCUT2D eigenvalue weighted by atomic mass is 9.87. The number of thioether (sulfide) groups is 1. The van der Waals surface area contributed by atoms with Crippen molar-refractivity contribution in [3.8, 4) is 0 Å². The fraction of sp³-hybridized carbons (Fsp3) is 0.185. The number of nitrogens with one attached hydrogen (secondary N) is 1. The number of alkyl halides is 3. The number of anilines is 2. The number of aromatic nitrogens is 1. The van der Waals surface area contributed by atoms with Crippen molar-refractivity contribution in [3.63, 3.8) is 0 Å². The SMILES string of the molecule is O=C(Cn1c2c(sc1=O)C(c1cccs1)C1C(=O)N(c3ccccc3C(F)(F)F)C(=O)C1S2)Nc1ccc(F)cc1. The van der Waals surface area contributed by atoms with E-state index in [1.54, 1.807) is 17.5 Å². The van der Waals surface area contributed by atoms with E-state index in [2.05, 4.69) is 5.32 Å². The molecule has 1 fully saturated rings. The summed E-state index contributed by atoms with van der Waals surface area (Å²) in [5, 5.41) is 3.54. The second-order valence-corrected chi connectivity index (χ2v) is 12.4. The van der Waals surface area contributed by atoms with Gasteiger partial charge in [0, 0.05) is 21.4 Å². The third-order valence-corrected chi connectivity index (χ3v) is 10.3.